The Kier molecular flexibility index (Phi) is 5.21. The molecule has 0 amide bonds. The van der Waals surface area contributed by atoms with E-state index >= 15 is 0 Å². The van der Waals surface area contributed by atoms with E-state index in [1.54, 1.807) is 0 Å². The zero-order chi connectivity index (χ0) is 14.7. The fourth-order valence-corrected chi connectivity index (χ4v) is 2.65. The number of benzene rings is 1. The zero-order valence-corrected chi connectivity index (χ0v) is 13.8. The van der Waals surface area contributed by atoms with E-state index in [0.29, 0.717) is 17.5 Å². The summed E-state index contributed by atoms with van der Waals surface area (Å²) in [5, 5.41) is 5.24. The van der Waals surface area contributed by atoms with E-state index in [1.165, 1.54) is 0 Å². The van der Waals surface area contributed by atoms with E-state index < -0.39 is 0 Å². The minimum absolute atomic E-state index is 0.0736. The molecular weight excluding hydrogens is 340 g/mol. The van der Waals surface area contributed by atoms with Gasteiger partial charge >= 0.3 is 0 Å². The molecule has 3 N–H and O–H groups in total. The molecule has 1 heterocycles. The molecule has 0 radical (unpaired) electrons. The maximum Gasteiger partial charge on any atom is 0.0644 e. The van der Waals surface area contributed by atoms with Gasteiger partial charge in [0.15, 0.2) is 0 Å². The van der Waals surface area contributed by atoms with Gasteiger partial charge in [-0.15, -0.1) is 0 Å². The molecule has 0 spiro atoms. The highest BCUT2D eigenvalue weighted by molar-refractivity contribution is 9.10. The molecule has 1 atom stereocenters. The van der Waals surface area contributed by atoms with Gasteiger partial charge in [0.2, 0.25) is 0 Å². The summed E-state index contributed by atoms with van der Waals surface area (Å²) in [4.78, 5) is 0. The Morgan fingerprint density at radius 2 is 2.15 bits per heavy atom. The van der Waals surface area contributed by atoms with Crippen LogP contribution < -0.4 is 11.3 Å². The van der Waals surface area contributed by atoms with Gasteiger partial charge in [-0.05, 0) is 43.7 Å². The highest BCUT2D eigenvalue weighted by Gasteiger charge is 2.16. The lowest BCUT2D eigenvalue weighted by atomic mass is 10.0. The van der Waals surface area contributed by atoms with Gasteiger partial charge < -0.3 is 0 Å². The third-order valence-corrected chi connectivity index (χ3v) is 3.98. The minimum atomic E-state index is -0.0736. The van der Waals surface area contributed by atoms with Gasteiger partial charge in [0.1, 0.15) is 0 Å². The summed E-state index contributed by atoms with van der Waals surface area (Å²) in [6.45, 7) is 4.20. The van der Waals surface area contributed by atoms with Crippen molar-refractivity contribution in [1.82, 2.24) is 15.2 Å². The predicted molar refractivity (Wildman–Crippen MR) is 85.5 cm³/mol. The summed E-state index contributed by atoms with van der Waals surface area (Å²) < 4.78 is 2.91. The van der Waals surface area contributed by atoms with Crippen molar-refractivity contribution in [2.75, 3.05) is 0 Å². The summed E-state index contributed by atoms with van der Waals surface area (Å²) in [5.41, 5.74) is 4.76. The van der Waals surface area contributed by atoms with Crippen molar-refractivity contribution >= 4 is 27.5 Å². The number of hydrazine groups is 1. The molecule has 0 aliphatic rings. The average Bonchev–Trinajstić information content (AvgIpc) is 2.88. The molecule has 0 saturated heterocycles. The first-order valence-electron chi connectivity index (χ1n) is 6.46. The SMILES string of the molecule is CC(C)n1ccc(CC(NN)c2cc(Br)ccc2Cl)n1. The van der Waals surface area contributed by atoms with E-state index in [0.717, 1.165) is 15.7 Å². The van der Waals surface area contributed by atoms with Crippen LogP contribution in [0, 0.1) is 0 Å². The first-order valence-corrected chi connectivity index (χ1v) is 7.63. The normalized spacial score (nSPS) is 12.9. The quantitative estimate of drug-likeness (QED) is 0.634. The summed E-state index contributed by atoms with van der Waals surface area (Å²) in [5.74, 6) is 5.68. The molecular formula is C14H18BrClN4. The molecule has 20 heavy (non-hydrogen) atoms. The summed E-state index contributed by atoms with van der Waals surface area (Å²) in [6, 6.07) is 8.03. The Hall–Kier alpha value is -0.880. The van der Waals surface area contributed by atoms with Crippen molar-refractivity contribution in [1.29, 1.82) is 0 Å². The number of halogens is 2. The summed E-state index contributed by atoms with van der Waals surface area (Å²) >= 11 is 9.71. The monoisotopic (exact) mass is 356 g/mol. The fraction of sp³-hybridized carbons (Fsp3) is 0.357. The van der Waals surface area contributed by atoms with Crippen molar-refractivity contribution in [3.63, 3.8) is 0 Å². The molecule has 0 aliphatic heterocycles. The maximum absolute atomic E-state index is 6.25. The first-order chi connectivity index (χ1) is 9.51. The second kappa shape index (κ2) is 6.72. The van der Waals surface area contributed by atoms with Gasteiger partial charge in [0.05, 0.1) is 11.7 Å². The van der Waals surface area contributed by atoms with Crippen LogP contribution in [0.5, 0.6) is 0 Å². The molecule has 0 fully saturated rings. The van der Waals surface area contributed by atoms with Gasteiger partial charge in [-0.25, -0.2) is 0 Å². The highest BCUT2D eigenvalue weighted by Crippen LogP contribution is 2.28. The molecule has 0 aliphatic carbocycles. The Balaban J connectivity index is 2.21. The van der Waals surface area contributed by atoms with E-state index in [4.69, 9.17) is 17.4 Å². The largest absolute Gasteiger partial charge is 0.271 e. The fourth-order valence-electron chi connectivity index (χ4n) is 2.02. The van der Waals surface area contributed by atoms with Crippen LogP contribution in [0.15, 0.2) is 34.9 Å². The van der Waals surface area contributed by atoms with E-state index in [-0.39, 0.29) is 6.04 Å². The average molecular weight is 358 g/mol. The number of nitrogens with two attached hydrogens (primary N) is 1. The number of nitrogens with one attached hydrogen (secondary N) is 1. The summed E-state index contributed by atoms with van der Waals surface area (Å²) in [7, 11) is 0. The molecule has 108 valence electrons. The Morgan fingerprint density at radius 3 is 2.75 bits per heavy atom. The molecule has 4 nitrogen and oxygen atoms in total. The van der Waals surface area contributed by atoms with Crippen molar-refractivity contribution < 1.29 is 0 Å². The maximum atomic E-state index is 6.25. The molecule has 2 aromatic rings. The lowest BCUT2D eigenvalue weighted by Gasteiger charge is -2.17. The molecule has 1 aromatic heterocycles. The van der Waals surface area contributed by atoms with Crippen LogP contribution in [0.25, 0.3) is 0 Å². The second-order valence-corrected chi connectivity index (χ2v) is 6.29. The first kappa shape index (κ1) is 15.5. The zero-order valence-electron chi connectivity index (χ0n) is 11.5. The molecule has 1 aromatic carbocycles. The van der Waals surface area contributed by atoms with Crippen LogP contribution >= 0.6 is 27.5 Å². The van der Waals surface area contributed by atoms with Gasteiger partial charge in [-0.3, -0.25) is 16.0 Å². The Labute approximate surface area is 132 Å². The van der Waals surface area contributed by atoms with E-state index in [2.05, 4.69) is 40.3 Å². The van der Waals surface area contributed by atoms with Crippen molar-refractivity contribution in [2.24, 2.45) is 5.84 Å². The Morgan fingerprint density at radius 1 is 1.40 bits per heavy atom. The highest BCUT2D eigenvalue weighted by atomic mass is 79.9. The van der Waals surface area contributed by atoms with Crippen LogP contribution in [-0.2, 0) is 6.42 Å². The molecule has 0 saturated carbocycles. The summed E-state index contributed by atoms with van der Waals surface area (Å²) in [6.07, 6.45) is 2.67. The van der Waals surface area contributed by atoms with Gasteiger partial charge in [-0.2, -0.15) is 5.10 Å². The number of hydrogen-bond acceptors (Lipinski definition) is 3. The van der Waals surface area contributed by atoms with E-state index in [1.807, 2.05) is 35.1 Å². The van der Waals surface area contributed by atoms with E-state index in [9.17, 15) is 0 Å². The molecule has 1 unspecified atom stereocenters. The van der Waals surface area contributed by atoms with Gasteiger partial charge in [-0.1, -0.05) is 27.5 Å². The smallest absolute Gasteiger partial charge is 0.0644 e. The van der Waals surface area contributed by atoms with Crippen molar-refractivity contribution in [2.45, 2.75) is 32.4 Å². The van der Waals surface area contributed by atoms with Gasteiger partial charge in [0, 0.05) is 28.2 Å². The van der Waals surface area contributed by atoms with Crippen LogP contribution in [0.1, 0.15) is 37.2 Å². The number of aromatic nitrogens is 2. The number of hydrogen-bond donors (Lipinski definition) is 2. The molecule has 0 bridgehead atoms. The van der Waals surface area contributed by atoms with Gasteiger partial charge in [0.25, 0.3) is 0 Å². The molecule has 2 rings (SSSR count). The molecule has 6 heteroatoms. The Bertz CT molecular complexity index is 582. The number of nitrogens with zero attached hydrogens (tertiary/aromatic N) is 2. The van der Waals surface area contributed by atoms with Crippen molar-refractivity contribution in [3.8, 4) is 0 Å². The lowest BCUT2D eigenvalue weighted by molar-refractivity contribution is 0.507. The van der Waals surface area contributed by atoms with Crippen LogP contribution in [0.3, 0.4) is 0 Å². The third-order valence-electron chi connectivity index (χ3n) is 3.14. The van der Waals surface area contributed by atoms with Crippen LogP contribution in [0.4, 0.5) is 0 Å². The van der Waals surface area contributed by atoms with Crippen LogP contribution in [0.2, 0.25) is 5.02 Å². The van der Waals surface area contributed by atoms with Crippen molar-refractivity contribution in [3.05, 3.63) is 51.2 Å². The topological polar surface area (TPSA) is 55.9 Å². The number of rotatable bonds is 5. The van der Waals surface area contributed by atoms with Crippen LogP contribution in [-0.4, -0.2) is 9.78 Å². The lowest BCUT2D eigenvalue weighted by Crippen LogP contribution is -2.30. The predicted octanol–water partition coefficient (Wildman–Crippen LogP) is 3.63. The second-order valence-electron chi connectivity index (χ2n) is 4.97. The minimum Gasteiger partial charge on any atom is -0.271 e. The standard InChI is InChI=1S/C14H18BrClN4/c1-9(2)20-6-5-11(19-20)8-14(18-17)12-7-10(15)3-4-13(12)16/h3-7,9,14,18H,8,17H2,1-2H3. The third kappa shape index (κ3) is 3.61.